The molecule has 11 aromatic rings. The number of aromatic nitrogens is 1. The van der Waals surface area contributed by atoms with Crippen LogP contribution in [0, 0.1) is 5.92 Å². The van der Waals surface area contributed by atoms with Gasteiger partial charge in [0.15, 0.2) is 0 Å². The normalized spacial score (nSPS) is 15.9. The van der Waals surface area contributed by atoms with Gasteiger partial charge in [-0.2, -0.15) is 0 Å². The average molecular weight is 857 g/mol. The average Bonchev–Trinajstić information content (AvgIpc) is 3.84. The lowest BCUT2D eigenvalue weighted by atomic mass is 9.74. The van der Waals surface area contributed by atoms with E-state index < -0.39 is 0 Å². The van der Waals surface area contributed by atoms with E-state index in [0.717, 1.165) is 17.1 Å². The maximum atomic E-state index is 2.49. The van der Waals surface area contributed by atoms with Gasteiger partial charge in [0, 0.05) is 38.8 Å². The zero-order valence-electron chi connectivity index (χ0n) is 37.6. The number of anilines is 3. The zero-order valence-corrected chi connectivity index (χ0v) is 37.6. The molecule has 2 nitrogen and oxygen atoms in total. The standard InChI is InChI=1S/C65H48N2/c1-65(2)59-30-12-10-27-54(59)55-35-34-50(42-60(55)65)66(63-38-36-51(43-17-4-3-5-18-43)53-26-8-9-28-56(53)63)49-24-15-23-47(40-49)45-21-14-22-46(39-45)48-33-37-64-58(41-48)57-29-11-13-31-62(57)67(64)61-32-16-20-44-19-6-7-25-52(44)61/h3-42,54,59H,1-2H3. The van der Waals surface area contributed by atoms with Gasteiger partial charge in [-0.15, -0.1) is 0 Å². The number of benzene rings is 10. The molecule has 2 aliphatic rings. The van der Waals surface area contributed by atoms with Crippen molar-refractivity contribution in [2.75, 3.05) is 4.90 Å². The van der Waals surface area contributed by atoms with Gasteiger partial charge in [-0.3, -0.25) is 0 Å². The molecule has 67 heavy (non-hydrogen) atoms. The van der Waals surface area contributed by atoms with Crippen LogP contribution in [0.5, 0.6) is 0 Å². The van der Waals surface area contributed by atoms with Crippen LogP contribution in [0.25, 0.3) is 82.4 Å². The molecule has 0 N–H and O–H groups in total. The van der Waals surface area contributed by atoms with E-state index in [2.05, 4.69) is 266 Å². The smallest absolute Gasteiger partial charge is 0.0541 e. The third-order valence-electron chi connectivity index (χ3n) is 14.9. The third kappa shape index (κ3) is 6.32. The first-order chi connectivity index (χ1) is 33.0. The highest BCUT2D eigenvalue weighted by atomic mass is 15.1. The summed E-state index contributed by atoms with van der Waals surface area (Å²) in [5, 5.41) is 7.44. The largest absolute Gasteiger partial charge is 0.310 e. The van der Waals surface area contributed by atoms with Gasteiger partial charge < -0.3 is 9.47 Å². The van der Waals surface area contributed by atoms with E-state index in [1.54, 1.807) is 0 Å². The number of rotatable bonds is 7. The lowest BCUT2D eigenvalue weighted by molar-refractivity contribution is 0.394. The van der Waals surface area contributed by atoms with Crippen LogP contribution in [0.4, 0.5) is 17.1 Å². The molecule has 0 spiro atoms. The molecule has 1 aromatic heterocycles. The molecule has 318 valence electrons. The molecule has 0 saturated carbocycles. The van der Waals surface area contributed by atoms with Gasteiger partial charge in [0.1, 0.15) is 0 Å². The topological polar surface area (TPSA) is 8.17 Å². The Morgan fingerprint density at radius 1 is 0.418 bits per heavy atom. The number of hydrogen-bond donors (Lipinski definition) is 0. The minimum Gasteiger partial charge on any atom is -0.310 e. The lowest BCUT2D eigenvalue weighted by Gasteiger charge is -2.31. The molecule has 0 radical (unpaired) electrons. The summed E-state index contributed by atoms with van der Waals surface area (Å²) in [5.74, 6) is 0.823. The molecular formula is C65H48N2. The van der Waals surface area contributed by atoms with Crippen molar-refractivity contribution in [3.05, 3.63) is 254 Å². The summed E-state index contributed by atoms with van der Waals surface area (Å²) >= 11 is 0. The fourth-order valence-corrected chi connectivity index (χ4v) is 11.6. The van der Waals surface area contributed by atoms with Gasteiger partial charge in [-0.25, -0.2) is 0 Å². The first-order valence-corrected chi connectivity index (χ1v) is 23.6. The van der Waals surface area contributed by atoms with Gasteiger partial charge in [-0.1, -0.05) is 196 Å². The van der Waals surface area contributed by atoms with Gasteiger partial charge in [0.2, 0.25) is 0 Å². The minimum absolute atomic E-state index is 0.0156. The van der Waals surface area contributed by atoms with Crippen LogP contribution in [0.3, 0.4) is 0 Å². The van der Waals surface area contributed by atoms with Gasteiger partial charge >= 0.3 is 0 Å². The monoisotopic (exact) mass is 856 g/mol. The van der Waals surface area contributed by atoms with Gasteiger partial charge in [0.05, 0.1) is 22.4 Å². The Bertz CT molecular complexity index is 3800. The van der Waals surface area contributed by atoms with E-state index >= 15 is 0 Å². The second-order valence-electron chi connectivity index (χ2n) is 18.9. The second kappa shape index (κ2) is 15.5. The Hall–Kier alpha value is -8.20. The molecule has 2 heteroatoms. The lowest BCUT2D eigenvalue weighted by Crippen LogP contribution is -2.24. The van der Waals surface area contributed by atoms with Crippen LogP contribution in [-0.2, 0) is 5.41 Å². The van der Waals surface area contributed by atoms with E-state index in [4.69, 9.17) is 0 Å². The summed E-state index contributed by atoms with van der Waals surface area (Å²) in [6.07, 6.45) is 9.26. The van der Waals surface area contributed by atoms with Crippen molar-refractivity contribution in [1.29, 1.82) is 0 Å². The second-order valence-corrected chi connectivity index (χ2v) is 18.9. The van der Waals surface area contributed by atoms with Crippen molar-refractivity contribution in [3.8, 4) is 39.1 Å². The van der Waals surface area contributed by atoms with Crippen molar-refractivity contribution in [3.63, 3.8) is 0 Å². The first kappa shape index (κ1) is 39.2. The maximum Gasteiger partial charge on any atom is 0.0541 e. The van der Waals surface area contributed by atoms with Crippen molar-refractivity contribution in [2.24, 2.45) is 5.92 Å². The van der Waals surface area contributed by atoms with E-state index in [1.165, 1.54) is 93.5 Å². The minimum atomic E-state index is -0.0156. The SMILES string of the molecule is CC1(C)c2cc(N(c3cccc(-c4cccc(-c5ccc6c(c5)c5ccccc5n6-c5cccc6ccccc56)c4)c3)c3ccc(-c4ccccc4)c4ccccc34)ccc2C2C=CC=CC21. The van der Waals surface area contributed by atoms with E-state index in [0.29, 0.717) is 11.8 Å². The Kier molecular flexibility index (Phi) is 9.05. The molecule has 1 heterocycles. The van der Waals surface area contributed by atoms with Crippen LogP contribution in [0.15, 0.2) is 243 Å². The van der Waals surface area contributed by atoms with Crippen LogP contribution in [0.1, 0.15) is 30.9 Å². The van der Waals surface area contributed by atoms with Crippen molar-refractivity contribution in [2.45, 2.75) is 25.2 Å². The maximum absolute atomic E-state index is 2.49. The molecule has 0 aliphatic heterocycles. The molecule has 10 aromatic carbocycles. The molecule has 2 unspecified atom stereocenters. The zero-order chi connectivity index (χ0) is 44.6. The van der Waals surface area contributed by atoms with Crippen molar-refractivity contribution >= 4 is 60.4 Å². The summed E-state index contributed by atoms with van der Waals surface area (Å²) in [6.45, 7) is 4.85. The Labute approximate surface area is 392 Å². The van der Waals surface area contributed by atoms with E-state index in [-0.39, 0.29) is 5.41 Å². The highest BCUT2D eigenvalue weighted by molar-refractivity contribution is 6.12. The van der Waals surface area contributed by atoms with Gasteiger partial charge in [-0.05, 0) is 127 Å². The van der Waals surface area contributed by atoms with Gasteiger partial charge in [0.25, 0.3) is 0 Å². The molecule has 2 atom stereocenters. The van der Waals surface area contributed by atoms with E-state index in [9.17, 15) is 0 Å². The third-order valence-corrected chi connectivity index (χ3v) is 14.9. The van der Waals surface area contributed by atoms with Crippen molar-refractivity contribution in [1.82, 2.24) is 4.57 Å². The molecule has 0 bridgehead atoms. The molecule has 13 rings (SSSR count). The van der Waals surface area contributed by atoms with Crippen LogP contribution in [-0.4, -0.2) is 4.57 Å². The highest BCUT2D eigenvalue weighted by Gasteiger charge is 2.44. The summed E-state index contributed by atoms with van der Waals surface area (Å²) < 4.78 is 2.44. The van der Waals surface area contributed by atoms with Crippen molar-refractivity contribution < 1.29 is 0 Å². The summed E-state index contributed by atoms with van der Waals surface area (Å²) in [6, 6.07) is 80.9. The summed E-state index contributed by atoms with van der Waals surface area (Å²) in [4.78, 5) is 2.49. The van der Waals surface area contributed by atoms with Crippen LogP contribution < -0.4 is 4.90 Å². The molecular weight excluding hydrogens is 809 g/mol. The Morgan fingerprint density at radius 2 is 1.04 bits per heavy atom. The number of allylic oxidation sites excluding steroid dienone is 4. The summed E-state index contributed by atoms with van der Waals surface area (Å²) in [5.41, 5.74) is 17.1. The number of nitrogens with zero attached hydrogens (tertiary/aromatic N) is 2. The predicted octanol–water partition coefficient (Wildman–Crippen LogP) is 17.7. The number of para-hydroxylation sites is 1. The van der Waals surface area contributed by atoms with Crippen LogP contribution in [0.2, 0.25) is 0 Å². The molecule has 0 saturated heterocycles. The number of hydrogen-bond acceptors (Lipinski definition) is 1. The fraction of sp³-hybridized carbons (Fsp3) is 0.0769. The quantitative estimate of drug-likeness (QED) is 0.155. The Balaban J connectivity index is 0.941. The molecule has 0 amide bonds. The highest BCUT2D eigenvalue weighted by Crippen LogP contribution is 2.55. The fourth-order valence-electron chi connectivity index (χ4n) is 11.6. The number of fused-ring (bicyclic) bond motifs is 8. The Morgan fingerprint density at radius 3 is 1.90 bits per heavy atom. The van der Waals surface area contributed by atoms with E-state index in [1.807, 2.05) is 0 Å². The summed E-state index contributed by atoms with van der Waals surface area (Å²) in [7, 11) is 0. The van der Waals surface area contributed by atoms with Crippen LogP contribution >= 0.6 is 0 Å². The molecule has 2 aliphatic carbocycles. The molecule has 0 fully saturated rings. The predicted molar refractivity (Wildman–Crippen MR) is 284 cm³/mol. The first-order valence-electron chi connectivity index (χ1n) is 23.6.